The van der Waals surface area contributed by atoms with Crippen LogP contribution in [0.15, 0.2) is 0 Å². The molecule has 12 heavy (non-hydrogen) atoms. The number of carboxylic acid groups (broad SMARTS) is 1. The first kappa shape index (κ1) is 10.9. The van der Waals surface area contributed by atoms with Gasteiger partial charge >= 0.3 is 5.97 Å². The number of amides is 1. The molecule has 0 aromatic heterocycles. The number of hydrogen-bond donors (Lipinski definition) is 2. The van der Waals surface area contributed by atoms with Crippen LogP contribution < -0.4 is 5.73 Å². The Morgan fingerprint density at radius 2 is 2.08 bits per heavy atom. The zero-order valence-corrected chi connectivity index (χ0v) is 6.84. The molecule has 0 aliphatic rings. The SMILES string of the molecule is CCCC[C@](F)(C(N)=O)C(=O)O. The Balaban J connectivity index is 4.40. The van der Waals surface area contributed by atoms with Crippen LogP contribution in [0.2, 0.25) is 0 Å². The van der Waals surface area contributed by atoms with Crippen LogP contribution in [-0.4, -0.2) is 22.7 Å². The number of nitrogens with two attached hydrogens (primary N) is 1. The van der Waals surface area contributed by atoms with Crippen LogP contribution in [0, 0.1) is 0 Å². The highest BCUT2D eigenvalue weighted by Crippen LogP contribution is 2.19. The van der Waals surface area contributed by atoms with Crippen molar-refractivity contribution < 1.29 is 19.1 Å². The van der Waals surface area contributed by atoms with Crippen molar-refractivity contribution in [1.29, 1.82) is 0 Å². The van der Waals surface area contributed by atoms with Crippen molar-refractivity contribution in [2.75, 3.05) is 0 Å². The van der Waals surface area contributed by atoms with Gasteiger partial charge in [-0.2, -0.15) is 0 Å². The van der Waals surface area contributed by atoms with Gasteiger partial charge in [-0.1, -0.05) is 13.3 Å². The van der Waals surface area contributed by atoms with Gasteiger partial charge in [0.2, 0.25) is 0 Å². The molecule has 0 fully saturated rings. The molecule has 0 saturated heterocycles. The van der Waals surface area contributed by atoms with Crippen molar-refractivity contribution >= 4 is 11.9 Å². The molecule has 0 unspecified atom stereocenters. The van der Waals surface area contributed by atoms with Crippen molar-refractivity contribution in [3.8, 4) is 0 Å². The van der Waals surface area contributed by atoms with Gasteiger partial charge in [0, 0.05) is 6.42 Å². The van der Waals surface area contributed by atoms with E-state index in [-0.39, 0.29) is 6.42 Å². The lowest BCUT2D eigenvalue weighted by molar-refractivity contribution is -0.157. The van der Waals surface area contributed by atoms with E-state index in [1.807, 2.05) is 0 Å². The number of aliphatic carboxylic acids is 1. The zero-order valence-electron chi connectivity index (χ0n) is 6.84. The molecule has 1 amide bonds. The van der Waals surface area contributed by atoms with Crippen LogP contribution in [0.25, 0.3) is 0 Å². The fraction of sp³-hybridized carbons (Fsp3) is 0.714. The molecule has 0 radical (unpaired) electrons. The Kier molecular flexibility index (Phi) is 3.66. The average Bonchev–Trinajstić information content (AvgIpc) is 1.99. The van der Waals surface area contributed by atoms with E-state index in [0.717, 1.165) is 0 Å². The van der Waals surface area contributed by atoms with Crippen LogP contribution in [0.4, 0.5) is 4.39 Å². The van der Waals surface area contributed by atoms with Crippen LogP contribution in [0.1, 0.15) is 26.2 Å². The molecule has 4 nitrogen and oxygen atoms in total. The van der Waals surface area contributed by atoms with Gasteiger partial charge in [-0.15, -0.1) is 0 Å². The summed E-state index contributed by atoms with van der Waals surface area (Å²) in [6.45, 7) is 1.77. The van der Waals surface area contributed by atoms with E-state index in [1.165, 1.54) is 0 Å². The largest absolute Gasteiger partial charge is 0.478 e. The normalized spacial score (nSPS) is 15.2. The predicted molar refractivity (Wildman–Crippen MR) is 40.2 cm³/mol. The summed E-state index contributed by atoms with van der Waals surface area (Å²) in [4.78, 5) is 20.7. The summed E-state index contributed by atoms with van der Waals surface area (Å²) in [5, 5.41) is 8.35. The van der Waals surface area contributed by atoms with Gasteiger partial charge in [-0.25, -0.2) is 9.18 Å². The summed E-state index contributed by atoms with van der Waals surface area (Å²) in [5.74, 6) is -3.23. The maximum Gasteiger partial charge on any atom is 0.351 e. The van der Waals surface area contributed by atoms with Gasteiger partial charge in [0.1, 0.15) is 0 Å². The Bertz CT molecular complexity index is 179. The third kappa shape index (κ3) is 2.18. The topological polar surface area (TPSA) is 80.4 Å². The number of halogens is 1. The second-order valence-corrected chi connectivity index (χ2v) is 2.57. The van der Waals surface area contributed by atoms with E-state index in [0.29, 0.717) is 12.8 Å². The average molecular weight is 177 g/mol. The molecule has 0 aliphatic carbocycles. The monoisotopic (exact) mass is 177 g/mol. The predicted octanol–water partition coefficient (Wildman–Crippen LogP) is 0.455. The molecule has 0 bridgehead atoms. The Morgan fingerprint density at radius 3 is 2.33 bits per heavy atom. The highest BCUT2D eigenvalue weighted by Gasteiger charge is 2.44. The first-order valence-corrected chi connectivity index (χ1v) is 3.67. The summed E-state index contributed by atoms with van der Waals surface area (Å²) >= 11 is 0. The molecular weight excluding hydrogens is 165 g/mol. The molecule has 0 saturated carbocycles. The maximum absolute atomic E-state index is 13.2. The van der Waals surface area contributed by atoms with Crippen LogP contribution in [-0.2, 0) is 9.59 Å². The van der Waals surface area contributed by atoms with Gasteiger partial charge in [-0.05, 0) is 6.42 Å². The maximum atomic E-state index is 13.2. The fourth-order valence-corrected chi connectivity index (χ4v) is 0.756. The van der Waals surface area contributed by atoms with Crippen molar-refractivity contribution in [1.82, 2.24) is 0 Å². The molecule has 5 heteroatoms. The van der Waals surface area contributed by atoms with Crippen LogP contribution in [0.3, 0.4) is 0 Å². The highest BCUT2D eigenvalue weighted by atomic mass is 19.1. The minimum Gasteiger partial charge on any atom is -0.478 e. The standard InChI is InChI=1S/C7H12FNO3/c1-2-3-4-7(8,5(9)10)6(11)12/h2-4H2,1H3,(H2,9,10)(H,11,12)/t7-/m0/s1. The van der Waals surface area contributed by atoms with Crippen molar-refractivity contribution in [3.05, 3.63) is 0 Å². The number of rotatable bonds is 5. The molecular formula is C7H12FNO3. The van der Waals surface area contributed by atoms with E-state index in [4.69, 9.17) is 5.11 Å². The second-order valence-electron chi connectivity index (χ2n) is 2.57. The van der Waals surface area contributed by atoms with E-state index in [2.05, 4.69) is 5.73 Å². The number of unbranched alkanes of at least 4 members (excludes halogenated alkanes) is 1. The lowest BCUT2D eigenvalue weighted by Gasteiger charge is -2.15. The van der Waals surface area contributed by atoms with Gasteiger partial charge in [-0.3, -0.25) is 4.79 Å². The Morgan fingerprint density at radius 1 is 1.58 bits per heavy atom. The third-order valence-electron chi connectivity index (χ3n) is 1.60. The van der Waals surface area contributed by atoms with Gasteiger partial charge < -0.3 is 10.8 Å². The highest BCUT2D eigenvalue weighted by molar-refractivity contribution is 6.04. The summed E-state index contributed by atoms with van der Waals surface area (Å²) in [6.07, 6.45) is 0.589. The van der Waals surface area contributed by atoms with Gasteiger partial charge in [0.25, 0.3) is 11.6 Å². The minimum atomic E-state index is -2.89. The molecule has 0 aromatic carbocycles. The van der Waals surface area contributed by atoms with E-state index < -0.39 is 17.5 Å². The van der Waals surface area contributed by atoms with E-state index in [1.54, 1.807) is 6.92 Å². The lowest BCUT2D eigenvalue weighted by atomic mass is 9.98. The first-order chi connectivity index (χ1) is 5.45. The smallest absolute Gasteiger partial charge is 0.351 e. The van der Waals surface area contributed by atoms with E-state index >= 15 is 0 Å². The molecule has 70 valence electrons. The number of hydrogen-bond acceptors (Lipinski definition) is 2. The quantitative estimate of drug-likeness (QED) is 0.598. The van der Waals surface area contributed by atoms with E-state index in [9.17, 15) is 14.0 Å². The molecule has 0 aliphatic heterocycles. The van der Waals surface area contributed by atoms with Crippen molar-refractivity contribution in [2.45, 2.75) is 31.9 Å². The molecule has 0 rings (SSSR count). The number of primary amides is 1. The number of carbonyl (C=O) groups excluding carboxylic acids is 1. The molecule has 3 N–H and O–H groups in total. The molecule has 0 heterocycles. The Hall–Kier alpha value is -1.13. The third-order valence-corrected chi connectivity index (χ3v) is 1.60. The fourth-order valence-electron chi connectivity index (χ4n) is 0.756. The second kappa shape index (κ2) is 4.04. The van der Waals surface area contributed by atoms with Crippen molar-refractivity contribution in [2.24, 2.45) is 5.73 Å². The zero-order chi connectivity index (χ0) is 9.78. The Labute approximate surface area is 69.6 Å². The summed E-state index contributed by atoms with van der Waals surface area (Å²) < 4.78 is 13.2. The minimum absolute atomic E-state index is 0.325. The number of carboxylic acids is 1. The number of carbonyl (C=O) groups is 2. The summed E-state index contributed by atoms with van der Waals surface area (Å²) in [5.41, 5.74) is 1.73. The van der Waals surface area contributed by atoms with Crippen LogP contribution in [0.5, 0.6) is 0 Å². The van der Waals surface area contributed by atoms with Crippen molar-refractivity contribution in [3.63, 3.8) is 0 Å². The van der Waals surface area contributed by atoms with Crippen LogP contribution >= 0.6 is 0 Å². The molecule has 0 aromatic rings. The summed E-state index contributed by atoms with van der Waals surface area (Å²) in [7, 11) is 0. The first-order valence-electron chi connectivity index (χ1n) is 3.67. The lowest BCUT2D eigenvalue weighted by Crippen LogP contribution is -2.46. The van der Waals surface area contributed by atoms with Gasteiger partial charge in [0.05, 0.1) is 0 Å². The number of alkyl halides is 1. The molecule has 0 spiro atoms. The van der Waals surface area contributed by atoms with Gasteiger partial charge in [0.15, 0.2) is 0 Å². The molecule has 1 atom stereocenters. The summed E-state index contributed by atoms with van der Waals surface area (Å²) in [6, 6.07) is 0.